The minimum absolute atomic E-state index is 0.150. The Morgan fingerprint density at radius 3 is 2.45 bits per heavy atom. The number of nitrogens with two attached hydrogens (primary N) is 1. The summed E-state index contributed by atoms with van der Waals surface area (Å²) in [5, 5.41) is 0. The summed E-state index contributed by atoms with van der Waals surface area (Å²) in [6.07, 6.45) is 2.12. The molecule has 0 aromatic carbocycles. The van der Waals surface area contributed by atoms with Crippen LogP contribution in [0.25, 0.3) is 0 Å². The first kappa shape index (κ1) is 10.9. The van der Waals surface area contributed by atoms with Gasteiger partial charge < -0.3 is 15.2 Å². The summed E-state index contributed by atoms with van der Waals surface area (Å²) in [6.45, 7) is 4.22. The van der Waals surface area contributed by atoms with E-state index < -0.39 is 0 Å². The van der Waals surface area contributed by atoms with Crippen molar-refractivity contribution in [1.82, 2.24) is 0 Å². The molecular formula is C8H19NO2. The van der Waals surface area contributed by atoms with Gasteiger partial charge in [-0.2, -0.15) is 0 Å². The first-order valence-electron chi connectivity index (χ1n) is 4.09. The van der Waals surface area contributed by atoms with E-state index in [-0.39, 0.29) is 6.04 Å². The number of unbranched alkanes of at least 4 members (excludes halogenated alkanes) is 1. The summed E-state index contributed by atoms with van der Waals surface area (Å²) in [5.41, 5.74) is 5.48. The maximum Gasteiger partial charge on any atom is 0.0614 e. The van der Waals surface area contributed by atoms with Crippen molar-refractivity contribution in [2.45, 2.75) is 25.8 Å². The molecule has 3 heteroatoms. The van der Waals surface area contributed by atoms with Crippen LogP contribution in [0.3, 0.4) is 0 Å². The summed E-state index contributed by atoms with van der Waals surface area (Å²) < 4.78 is 10.2. The molecule has 0 radical (unpaired) electrons. The molecular weight excluding hydrogens is 142 g/mol. The van der Waals surface area contributed by atoms with E-state index in [0.29, 0.717) is 6.61 Å². The van der Waals surface area contributed by atoms with Gasteiger partial charge in [-0.25, -0.2) is 0 Å². The standard InChI is InChI=1S/C8H19NO2/c1-8(9)7-11-6-4-3-5-10-2/h8H,3-7,9H2,1-2H3. The van der Waals surface area contributed by atoms with Crippen LogP contribution in [0.2, 0.25) is 0 Å². The molecule has 0 saturated heterocycles. The van der Waals surface area contributed by atoms with Crippen molar-refractivity contribution in [2.24, 2.45) is 5.73 Å². The van der Waals surface area contributed by atoms with Gasteiger partial charge in [-0.1, -0.05) is 0 Å². The third-order valence-electron chi connectivity index (χ3n) is 1.27. The highest BCUT2D eigenvalue weighted by molar-refractivity contribution is 4.48. The van der Waals surface area contributed by atoms with Gasteiger partial charge in [-0.05, 0) is 19.8 Å². The first-order chi connectivity index (χ1) is 5.27. The third-order valence-corrected chi connectivity index (χ3v) is 1.27. The maximum atomic E-state index is 5.48. The molecule has 0 heterocycles. The second-order valence-corrected chi connectivity index (χ2v) is 2.75. The van der Waals surface area contributed by atoms with Crippen molar-refractivity contribution in [1.29, 1.82) is 0 Å². The molecule has 0 amide bonds. The Morgan fingerprint density at radius 1 is 1.27 bits per heavy atom. The molecule has 0 aromatic rings. The van der Waals surface area contributed by atoms with Crippen molar-refractivity contribution < 1.29 is 9.47 Å². The largest absolute Gasteiger partial charge is 0.385 e. The van der Waals surface area contributed by atoms with Crippen molar-refractivity contribution in [2.75, 3.05) is 26.9 Å². The van der Waals surface area contributed by atoms with Crippen molar-refractivity contribution >= 4 is 0 Å². The van der Waals surface area contributed by atoms with E-state index in [4.69, 9.17) is 15.2 Å². The highest BCUT2D eigenvalue weighted by Gasteiger charge is 1.93. The molecule has 0 spiro atoms. The summed E-state index contributed by atoms with van der Waals surface area (Å²) in [5.74, 6) is 0. The van der Waals surface area contributed by atoms with Crippen molar-refractivity contribution in [3.63, 3.8) is 0 Å². The van der Waals surface area contributed by atoms with Crippen LogP contribution in [0.15, 0.2) is 0 Å². The molecule has 0 aromatic heterocycles. The van der Waals surface area contributed by atoms with Crippen LogP contribution >= 0.6 is 0 Å². The van der Waals surface area contributed by atoms with Gasteiger partial charge in [0.05, 0.1) is 6.61 Å². The number of ether oxygens (including phenoxy) is 2. The van der Waals surface area contributed by atoms with E-state index in [0.717, 1.165) is 26.1 Å². The van der Waals surface area contributed by atoms with E-state index in [9.17, 15) is 0 Å². The van der Waals surface area contributed by atoms with Crippen LogP contribution in [0.4, 0.5) is 0 Å². The molecule has 0 rings (SSSR count). The number of hydrogen-bond acceptors (Lipinski definition) is 3. The molecule has 0 saturated carbocycles. The molecule has 68 valence electrons. The summed E-state index contributed by atoms with van der Waals surface area (Å²) in [4.78, 5) is 0. The van der Waals surface area contributed by atoms with Crippen molar-refractivity contribution in [3.8, 4) is 0 Å². The smallest absolute Gasteiger partial charge is 0.0614 e. The zero-order valence-electron chi connectivity index (χ0n) is 7.51. The quantitative estimate of drug-likeness (QED) is 0.561. The SMILES string of the molecule is COCCCCOCC(C)N. The lowest BCUT2D eigenvalue weighted by atomic mass is 10.3. The van der Waals surface area contributed by atoms with E-state index in [1.165, 1.54) is 0 Å². The molecule has 0 aliphatic carbocycles. The van der Waals surface area contributed by atoms with Crippen molar-refractivity contribution in [3.05, 3.63) is 0 Å². The van der Waals surface area contributed by atoms with Gasteiger partial charge >= 0.3 is 0 Å². The normalized spacial score (nSPS) is 13.4. The lowest BCUT2D eigenvalue weighted by Gasteiger charge is -2.05. The minimum atomic E-state index is 0.150. The van der Waals surface area contributed by atoms with Crippen LogP contribution < -0.4 is 5.73 Å². The lowest BCUT2D eigenvalue weighted by molar-refractivity contribution is 0.111. The Kier molecular flexibility index (Phi) is 7.89. The molecule has 1 unspecified atom stereocenters. The third kappa shape index (κ3) is 9.88. The van der Waals surface area contributed by atoms with Gasteiger partial charge in [0.1, 0.15) is 0 Å². The van der Waals surface area contributed by atoms with E-state index in [1.54, 1.807) is 7.11 Å². The van der Waals surface area contributed by atoms with Crippen LogP contribution in [0.5, 0.6) is 0 Å². The summed E-state index contributed by atoms with van der Waals surface area (Å²) >= 11 is 0. The van der Waals surface area contributed by atoms with Gasteiger partial charge in [0.15, 0.2) is 0 Å². The van der Waals surface area contributed by atoms with E-state index >= 15 is 0 Å². The Bertz CT molecular complexity index is 76.5. The summed E-state index contributed by atoms with van der Waals surface area (Å²) in [6, 6.07) is 0.150. The van der Waals surface area contributed by atoms with E-state index in [1.807, 2.05) is 6.92 Å². The van der Waals surface area contributed by atoms with E-state index in [2.05, 4.69) is 0 Å². The average molecular weight is 161 g/mol. The van der Waals surface area contributed by atoms with Crippen LogP contribution in [0.1, 0.15) is 19.8 Å². The second-order valence-electron chi connectivity index (χ2n) is 2.75. The van der Waals surface area contributed by atoms with Gasteiger partial charge in [0.25, 0.3) is 0 Å². The fourth-order valence-electron chi connectivity index (χ4n) is 0.720. The summed E-state index contributed by atoms with van der Waals surface area (Å²) in [7, 11) is 1.71. The fraction of sp³-hybridized carbons (Fsp3) is 1.00. The zero-order valence-corrected chi connectivity index (χ0v) is 7.51. The molecule has 0 bridgehead atoms. The van der Waals surface area contributed by atoms with Crippen LogP contribution in [-0.4, -0.2) is 33.0 Å². The first-order valence-corrected chi connectivity index (χ1v) is 4.09. The van der Waals surface area contributed by atoms with Gasteiger partial charge in [-0.15, -0.1) is 0 Å². The Balaban J connectivity index is 2.80. The predicted molar refractivity (Wildman–Crippen MR) is 45.6 cm³/mol. The highest BCUT2D eigenvalue weighted by Crippen LogP contribution is 1.90. The maximum absolute atomic E-state index is 5.48. The lowest BCUT2D eigenvalue weighted by Crippen LogP contribution is -2.22. The molecule has 2 N–H and O–H groups in total. The van der Waals surface area contributed by atoms with Gasteiger partial charge in [0, 0.05) is 26.4 Å². The topological polar surface area (TPSA) is 44.5 Å². The van der Waals surface area contributed by atoms with Crippen LogP contribution in [-0.2, 0) is 9.47 Å². The molecule has 0 fully saturated rings. The molecule has 0 aliphatic heterocycles. The Labute approximate surface area is 68.9 Å². The molecule has 1 atom stereocenters. The highest BCUT2D eigenvalue weighted by atomic mass is 16.5. The number of rotatable bonds is 7. The average Bonchev–Trinajstić information content (AvgIpc) is 1.96. The molecule has 11 heavy (non-hydrogen) atoms. The molecule has 3 nitrogen and oxygen atoms in total. The number of hydrogen-bond donors (Lipinski definition) is 1. The van der Waals surface area contributed by atoms with Crippen LogP contribution in [0, 0.1) is 0 Å². The Hall–Kier alpha value is -0.120. The minimum Gasteiger partial charge on any atom is -0.385 e. The fourth-order valence-corrected chi connectivity index (χ4v) is 0.720. The predicted octanol–water partition coefficient (Wildman–Crippen LogP) is 0.777. The Morgan fingerprint density at radius 2 is 1.91 bits per heavy atom. The second kappa shape index (κ2) is 7.98. The van der Waals surface area contributed by atoms with Gasteiger partial charge in [-0.3, -0.25) is 0 Å². The monoisotopic (exact) mass is 161 g/mol. The molecule has 0 aliphatic rings. The number of methoxy groups -OCH3 is 1. The zero-order chi connectivity index (χ0) is 8.53. The van der Waals surface area contributed by atoms with Gasteiger partial charge in [0.2, 0.25) is 0 Å².